The van der Waals surface area contributed by atoms with E-state index in [1.54, 1.807) is 6.92 Å². The smallest absolute Gasteiger partial charge is 0.302 e. The molecule has 3 saturated carbocycles. The Kier molecular flexibility index (Phi) is 4.84. The highest BCUT2D eigenvalue weighted by Crippen LogP contribution is 2.70. The summed E-state index contributed by atoms with van der Waals surface area (Å²) in [4.78, 5) is 30.6. The molecular formula is C25H34N2O5. The van der Waals surface area contributed by atoms with E-state index in [1.807, 2.05) is 0 Å². The molecule has 32 heavy (non-hydrogen) atoms. The van der Waals surface area contributed by atoms with E-state index in [1.165, 1.54) is 18.7 Å². The Labute approximate surface area is 189 Å². The highest BCUT2D eigenvalue weighted by molar-refractivity contribution is 6.33. The predicted octanol–water partition coefficient (Wildman–Crippen LogP) is 4.28. The highest BCUT2D eigenvalue weighted by atomic mass is 16.7. The molecule has 174 valence electrons. The minimum Gasteiger partial charge on any atom is -0.462 e. The molecule has 4 aliphatic carbocycles. The van der Waals surface area contributed by atoms with Crippen molar-refractivity contribution in [3.05, 3.63) is 11.6 Å². The molecular weight excluding hydrogens is 408 g/mol. The molecule has 5 aliphatic rings. The van der Waals surface area contributed by atoms with Crippen molar-refractivity contribution in [3.63, 3.8) is 0 Å². The molecule has 8 atom stereocenters. The van der Waals surface area contributed by atoms with Gasteiger partial charge in [0.15, 0.2) is 5.78 Å². The lowest BCUT2D eigenvalue weighted by molar-refractivity contribution is -0.174. The summed E-state index contributed by atoms with van der Waals surface area (Å²) in [6.07, 6.45) is 10.3. The zero-order valence-electron chi connectivity index (χ0n) is 19.5. The summed E-state index contributed by atoms with van der Waals surface area (Å²) in [6, 6.07) is 0. The van der Waals surface area contributed by atoms with Gasteiger partial charge in [0, 0.05) is 18.8 Å². The Morgan fingerprint density at radius 3 is 2.72 bits per heavy atom. The van der Waals surface area contributed by atoms with Crippen LogP contribution in [0, 0.1) is 34.5 Å². The zero-order valence-corrected chi connectivity index (χ0v) is 19.5. The van der Waals surface area contributed by atoms with Crippen molar-refractivity contribution in [1.82, 2.24) is 0 Å². The van der Waals surface area contributed by atoms with Gasteiger partial charge in [-0.2, -0.15) is 0 Å². The molecule has 1 heterocycles. The lowest BCUT2D eigenvalue weighted by Gasteiger charge is -2.58. The molecule has 5 rings (SSSR count). The lowest BCUT2D eigenvalue weighted by Crippen LogP contribution is -2.58. The van der Waals surface area contributed by atoms with E-state index in [4.69, 9.17) is 14.8 Å². The summed E-state index contributed by atoms with van der Waals surface area (Å²) < 4.78 is 5.55. The van der Waals surface area contributed by atoms with Gasteiger partial charge in [-0.25, -0.2) is 0 Å². The van der Waals surface area contributed by atoms with Crippen LogP contribution < -0.4 is 0 Å². The van der Waals surface area contributed by atoms with Crippen molar-refractivity contribution in [3.8, 4) is 0 Å². The van der Waals surface area contributed by atoms with E-state index in [2.05, 4.69) is 30.2 Å². The van der Waals surface area contributed by atoms with Gasteiger partial charge >= 0.3 is 5.97 Å². The molecule has 0 bridgehead atoms. The first-order chi connectivity index (χ1) is 15.2. The molecule has 0 amide bonds. The SMILES string of the molecule is CC(=O)O[C@H]1CC[C@@]2(C)C(=CC[C@@H]3[C@@H]2CC[C@@]2(C)[C@H]3C[C@H]3C(/C=N/O)=NO[C@]32C(C)=O)C1. The minimum atomic E-state index is -0.961. The number of fused-ring (bicyclic) bond motifs is 7. The number of carbonyl (C=O) groups is 2. The number of oxime groups is 2. The quantitative estimate of drug-likeness (QED) is 0.231. The first kappa shape index (κ1) is 21.7. The standard InChI is InChI=1S/C25H34N2O5/c1-14(28)25-21(22(13-26-30)27-32-25)12-20-18-6-5-16-11-17(31-15(2)29)7-9-23(16,3)19(18)8-10-24(20,25)4/h5,13,17-21,30H,6-12H2,1-4H3/b26-13+/t17-,18+,19-,20-,21-,23-,24-,25+/m0/s1. The number of nitrogens with zero attached hydrogens (tertiary/aromatic N) is 2. The highest BCUT2D eigenvalue weighted by Gasteiger charge is 2.74. The number of esters is 1. The molecule has 1 aliphatic heterocycles. The van der Waals surface area contributed by atoms with Crippen LogP contribution in [0.25, 0.3) is 0 Å². The minimum absolute atomic E-state index is 0.00557. The average Bonchev–Trinajstić information content (AvgIpc) is 3.22. The van der Waals surface area contributed by atoms with E-state index in [-0.39, 0.29) is 34.6 Å². The summed E-state index contributed by atoms with van der Waals surface area (Å²) in [6.45, 7) is 7.74. The van der Waals surface area contributed by atoms with Crippen molar-refractivity contribution < 1.29 is 24.4 Å². The molecule has 0 unspecified atom stereocenters. The van der Waals surface area contributed by atoms with Gasteiger partial charge in [0.2, 0.25) is 5.60 Å². The molecule has 0 aromatic heterocycles. The van der Waals surface area contributed by atoms with Crippen molar-refractivity contribution in [2.75, 3.05) is 0 Å². The van der Waals surface area contributed by atoms with Crippen LogP contribution in [0.15, 0.2) is 22.0 Å². The Morgan fingerprint density at radius 1 is 1.25 bits per heavy atom. The number of Topliss-reactive ketones (excluding diaryl/α,β-unsaturated/α-hetero) is 1. The molecule has 0 aromatic rings. The van der Waals surface area contributed by atoms with Gasteiger partial charge in [-0.15, -0.1) is 0 Å². The number of ketones is 1. The lowest BCUT2D eigenvalue weighted by atomic mass is 9.46. The summed E-state index contributed by atoms with van der Waals surface area (Å²) in [5.41, 5.74) is 0.888. The molecule has 0 radical (unpaired) electrons. The number of carbonyl (C=O) groups excluding carboxylic acids is 2. The fraction of sp³-hybridized carbons (Fsp3) is 0.760. The Hall–Kier alpha value is -2.18. The molecule has 1 N–H and O–H groups in total. The van der Waals surface area contributed by atoms with E-state index >= 15 is 0 Å². The number of rotatable bonds is 3. The summed E-state index contributed by atoms with van der Waals surface area (Å²) in [5.74, 6) is 1.03. The Bertz CT molecular complexity index is 941. The van der Waals surface area contributed by atoms with Crippen LogP contribution in [-0.2, 0) is 19.2 Å². The Balaban J connectivity index is 1.48. The van der Waals surface area contributed by atoms with E-state index in [0.717, 1.165) is 44.9 Å². The first-order valence-electron chi connectivity index (χ1n) is 12.0. The molecule has 7 nitrogen and oxygen atoms in total. The van der Waals surface area contributed by atoms with Crippen molar-refractivity contribution in [2.45, 2.75) is 84.3 Å². The van der Waals surface area contributed by atoms with Crippen molar-refractivity contribution in [2.24, 2.45) is 44.8 Å². The van der Waals surface area contributed by atoms with Gasteiger partial charge < -0.3 is 14.8 Å². The van der Waals surface area contributed by atoms with Gasteiger partial charge in [-0.05, 0) is 68.6 Å². The average molecular weight is 443 g/mol. The number of hydrogen-bond donors (Lipinski definition) is 1. The summed E-state index contributed by atoms with van der Waals surface area (Å²) >= 11 is 0. The largest absolute Gasteiger partial charge is 0.462 e. The third-order valence-corrected chi connectivity index (χ3v) is 9.97. The van der Waals surface area contributed by atoms with Gasteiger partial charge in [0.25, 0.3) is 0 Å². The summed E-state index contributed by atoms with van der Waals surface area (Å²) in [5, 5.41) is 16.5. The second kappa shape index (κ2) is 7.16. The van der Waals surface area contributed by atoms with E-state index in [9.17, 15) is 9.59 Å². The maximum Gasteiger partial charge on any atom is 0.302 e. The van der Waals surface area contributed by atoms with Gasteiger partial charge in [-0.3, -0.25) is 9.59 Å². The van der Waals surface area contributed by atoms with Crippen LogP contribution in [0.4, 0.5) is 0 Å². The third kappa shape index (κ3) is 2.65. The van der Waals surface area contributed by atoms with Gasteiger partial charge in [-0.1, -0.05) is 35.8 Å². The normalized spacial score (nSPS) is 46.8. The maximum atomic E-state index is 13.1. The van der Waals surface area contributed by atoms with Crippen molar-refractivity contribution in [1.29, 1.82) is 0 Å². The predicted molar refractivity (Wildman–Crippen MR) is 118 cm³/mol. The van der Waals surface area contributed by atoms with Crippen LogP contribution in [-0.4, -0.2) is 40.6 Å². The van der Waals surface area contributed by atoms with Crippen LogP contribution in [0.5, 0.6) is 0 Å². The second-order valence-corrected chi connectivity index (χ2v) is 11.1. The van der Waals surface area contributed by atoms with Crippen LogP contribution in [0.1, 0.15) is 72.6 Å². The first-order valence-corrected chi connectivity index (χ1v) is 12.0. The second-order valence-electron chi connectivity index (χ2n) is 11.1. The molecule has 0 aromatic carbocycles. The zero-order chi connectivity index (χ0) is 22.9. The Morgan fingerprint density at radius 2 is 2.03 bits per heavy atom. The fourth-order valence-electron chi connectivity index (χ4n) is 8.57. The van der Waals surface area contributed by atoms with Crippen LogP contribution in [0.3, 0.4) is 0 Å². The number of allylic oxidation sites excluding steroid dienone is 1. The maximum absolute atomic E-state index is 13.1. The third-order valence-electron chi connectivity index (χ3n) is 9.97. The molecule has 0 saturated heterocycles. The van der Waals surface area contributed by atoms with E-state index < -0.39 is 5.60 Å². The number of ether oxygens (including phenoxy) is 1. The number of hydrogen-bond acceptors (Lipinski definition) is 7. The monoisotopic (exact) mass is 442 g/mol. The van der Waals surface area contributed by atoms with E-state index in [0.29, 0.717) is 23.5 Å². The topological polar surface area (TPSA) is 97.6 Å². The van der Waals surface area contributed by atoms with Gasteiger partial charge in [0.1, 0.15) is 11.8 Å². The molecule has 7 heteroatoms. The molecule has 0 spiro atoms. The van der Waals surface area contributed by atoms with Gasteiger partial charge in [0.05, 0.1) is 12.1 Å². The van der Waals surface area contributed by atoms with Crippen molar-refractivity contribution >= 4 is 23.7 Å². The molecule has 3 fully saturated rings. The van der Waals surface area contributed by atoms with Crippen LogP contribution >= 0.6 is 0 Å². The fourth-order valence-corrected chi connectivity index (χ4v) is 8.57. The summed E-state index contributed by atoms with van der Waals surface area (Å²) in [7, 11) is 0. The van der Waals surface area contributed by atoms with Crippen LogP contribution in [0.2, 0.25) is 0 Å².